The number of carbonyl (C=O) groups excluding carboxylic acids is 1. The zero-order chi connectivity index (χ0) is 15.0. The fraction of sp³-hybridized carbons (Fsp3) is 0.0667. The van der Waals surface area contributed by atoms with Crippen molar-refractivity contribution in [1.29, 1.82) is 0 Å². The molecule has 6 heteroatoms. The largest absolute Gasteiger partial charge is 0.345 e. The molecule has 0 bridgehead atoms. The van der Waals surface area contributed by atoms with Crippen LogP contribution in [0.4, 0.5) is 8.78 Å². The molecule has 3 rings (SSSR count). The number of nitrogens with zero attached hydrogens (tertiary/aromatic N) is 1. The van der Waals surface area contributed by atoms with Crippen LogP contribution in [-0.4, -0.2) is 15.8 Å². The minimum atomic E-state index is -0.994. The van der Waals surface area contributed by atoms with Crippen LogP contribution in [0.1, 0.15) is 15.9 Å². The molecule has 0 saturated carbocycles. The van der Waals surface area contributed by atoms with E-state index in [9.17, 15) is 13.6 Å². The van der Waals surface area contributed by atoms with E-state index in [1.807, 2.05) is 0 Å². The normalized spacial score (nSPS) is 11.0. The molecule has 0 aliphatic heterocycles. The molecular weight excluding hydrogens is 298 g/mol. The number of aromatic amines is 1. The van der Waals surface area contributed by atoms with Crippen molar-refractivity contribution in [2.24, 2.45) is 0 Å². The van der Waals surface area contributed by atoms with E-state index >= 15 is 0 Å². The predicted molar refractivity (Wildman–Crippen MR) is 75.5 cm³/mol. The predicted octanol–water partition coefficient (Wildman–Crippen LogP) is 3.92. The van der Waals surface area contributed by atoms with E-state index in [1.165, 1.54) is 18.3 Å². The summed E-state index contributed by atoms with van der Waals surface area (Å²) in [5.41, 5.74) is 0.875. The molecular formula is C15H9ClF2N2O. The van der Waals surface area contributed by atoms with Crippen LogP contribution in [0.3, 0.4) is 0 Å². The van der Waals surface area contributed by atoms with E-state index in [0.29, 0.717) is 21.7 Å². The van der Waals surface area contributed by atoms with Crippen LogP contribution in [-0.2, 0) is 6.42 Å². The Morgan fingerprint density at radius 1 is 1.24 bits per heavy atom. The van der Waals surface area contributed by atoms with Gasteiger partial charge < -0.3 is 4.98 Å². The number of benzene rings is 1. The van der Waals surface area contributed by atoms with Crippen molar-refractivity contribution in [3.8, 4) is 0 Å². The van der Waals surface area contributed by atoms with Crippen LogP contribution in [0.25, 0.3) is 11.0 Å². The molecule has 106 valence electrons. The van der Waals surface area contributed by atoms with E-state index in [0.717, 1.165) is 6.07 Å². The molecule has 0 saturated heterocycles. The first-order valence-electron chi connectivity index (χ1n) is 6.16. The maximum Gasteiger partial charge on any atom is 0.169 e. The number of H-pyrrole nitrogens is 1. The number of carbonyl (C=O) groups is 1. The summed E-state index contributed by atoms with van der Waals surface area (Å²) in [7, 11) is 0. The molecule has 0 aliphatic rings. The van der Waals surface area contributed by atoms with Crippen LogP contribution in [0.5, 0.6) is 0 Å². The SMILES string of the molecule is O=C(Cc1cccc(F)c1F)c1c[nH]c2nc(Cl)ccc12. The van der Waals surface area contributed by atoms with E-state index < -0.39 is 11.6 Å². The lowest BCUT2D eigenvalue weighted by Crippen LogP contribution is -2.05. The molecule has 0 amide bonds. The zero-order valence-corrected chi connectivity index (χ0v) is 11.4. The number of fused-ring (bicyclic) bond motifs is 1. The average molecular weight is 307 g/mol. The Morgan fingerprint density at radius 2 is 2.05 bits per heavy atom. The number of nitrogens with one attached hydrogen (secondary N) is 1. The quantitative estimate of drug-likeness (QED) is 0.589. The van der Waals surface area contributed by atoms with Gasteiger partial charge in [0, 0.05) is 23.6 Å². The average Bonchev–Trinajstić information content (AvgIpc) is 2.86. The standard InChI is InChI=1S/C15H9ClF2N2O/c16-13-5-4-9-10(7-19-15(9)20-13)12(21)6-8-2-1-3-11(17)14(8)18/h1-5,7H,6H2,(H,19,20). The summed E-state index contributed by atoms with van der Waals surface area (Å²) in [6.45, 7) is 0. The van der Waals surface area contributed by atoms with Crippen LogP contribution >= 0.6 is 11.6 Å². The lowest BCUT2D eigenvalue weighted by atomic mass is 10.0. The Morgan fingerprint density at radius 3 is 2.86 bits per heavy atom. The van der Waals surface area contributed by atoms with Gasteiger partial charge in [-0.25, -0.2) is 13.8 Å². The molecule has 1 aromatic carbocycles. The number of ketones is 1. The molecule has 2 aromatic heterocycles. The highest BCUT2D eigenvalue weighted by molar-refractivity contribution is 6.29. The third-order valence-corrected chi connectivity index (χ3v) is 3.40. The van der Waals surface area contributed by atoms with E-state index in [4.69, 9.17) is 11.6 Å². The zero-order valence-electron chi connectivity index (χ0n) is 10.7. The molecule has 0 unspecified atom stereocenters. The van der Waals surface area contributed by atoms with Crippen LogP contribution < -0.4 is 0 Å². The highest BCUT2D eigenvalue weighted by Crippen LogP contribution is 2.21. The third-order valence-electron chi connectivity index (χ3n) is 3.19. The second-order valence-electron chi connectivity index (χ2n) is 4.55. The van der Waals surface area contributed by atoms with Crippen LogP contribution in [0.15, 0.2) is 36.5 Å². The lowest BCUT2D eigenvalue weighted by molar-refractivity contribution is 0.0993. The van der Waals surface area contributed by atoms with Gasteiger partial charge in [-0.2, -0.15) is 0 Å². The maximum atomic E-state index is 13.6. The third kappa shape index (κ3) is 2.52. The summed E-state index contributed by atoms with van der Waals surface area (Å²) in [6, 6.07) is 7.01. The Bertz CT molecular complexity index is 845. The first-order chi connectivity index (χ1) is 10.1. The molecule has 0 spiro atoms. The summed E-state index contributed by atoms with van der Waals surface area (Å²) in [4.78, 5) is 19.1. The molecule has 3 nitrogen and oxygen atoms in total. The Labute approximate surface area is 123 Å². The molecule has 21 heavy (non-hydrogen) atoms. The van der Waals surface area contributed by atoms with Crippen molar-refractivity contribution < 1.29 is 13.6 Å². The fourth-order valence-electron chi connectivity index (χ4n) is 2.16. The van der Waals surface area contributed by atoms with Gasteiger partial charge in [0.25, 0.3) is 0 Å². The smallest absolute Gasteiger partial charge is 0.169 e. The van der Waals surface area contributed by atoms with Crippen molar-refractivity contribution in [3.05, 3.63) is 64.4 Å². The number of rotatable bonds is 3. The molecule has 2 heterocycles. The summed E-state index contributed by atoms with van der Waals surface area (Å²) >= 11 is 5.77. The fourth-order valence-corrected chi connectivity index (χ4v) is 2.31. The topological polar surface area (TPSA) is 45.8 Å². The molecule has 0 radical (unpaired) electrons. The van der Waals surface area contributed by atoms with Crippen molar-refractivity contribution in [2.45, 2.75) is 6.42 Å². The first-order valence-corrected chi connectivity index (χ1v) is 6.54. The van der Waals surface area contributed by atoms with Gasteiger partial charge in [-0.1, -0.05) is 23.7 Å². The monoisotopic (exact) mass is 306 g/mol. The highest BCUT2D eigenvalue weighted by Gasteiger charge is 2.16. The van der Waals surface area contributed by atoms with Crippen molar-refractivity contribution in [2.75, 3.05) is 0 Å². The molecule has 1 N–H and O–H groups in total. The summed E-state index contributed by atoms with van der Waals surface area (Å²) < 4.78 is 26.8. The second kappa shape index (κ2) is 5.26. The number of aromatic nitrogens is 2. The van der Waals surface area contributed by atoms with Crippen molar-refractivity contribution in [1.82, 2.24) is 9.97 Å². The Balaban J connectivity index is 1.96. The molecule has 3 aromatic rings. The van der Waals surface area contributed by atoms with E-state index in [1.54, 1.807) is 12.1 Å². The first kappa shape index (κ1) is 13.7. The maximum absolute atomic E-state index is 13.6. The van der Waals surface area contributed by atoms with Gasteiger partial charge in [0.2, 0.25) is 0 Å². The molecule has 0 fully saturated rings. The minimum absolute atomic E-state index is 0.0243. The van der Waals surface area contributed by atoms with Gasteiger partial charge in [-0.05, 0) is 23.8 Å². The molecule has 0 atom stereocenters. The Kier molecular flexibility index (Phi) is 3.43. The number of pyridine rings is 1. The van der Waals surface area contributed by atoms with Crippen molar-refractivity contribution >= 4 is 28.4 Å². The highest BCUT2D eigenvalue weighted by atomic mass is 35.5. The van der Waals surface area contributed by atoms with Gasteiger partial charge in [-0.3, -0.25) is 4.79 Å². The Hall–Kier alpha value is -2.27. The minimum Gasteiger partial charge on any atom is -0.345 e. The van der Waals surface area contributed by atoms with Crippen molar-refractivity contribution in [3.63, 3.8) is 0 Å². The molecule has 0 aliphatic carbocycles. The number of halogens is 3. The number of hydrogen-bond donors (Lipinski definition) is 1. The van der Waals surface area contributed by atoms with E-state index in [-0.39, 0.29) is 17.8 Å². The number of hydrogen-bond acceptors (Lipinski definition) is 2. The van der Waals surface area contributed by atoms with Gasteiger partial charge >= 0.3 is 0 Å². The second-order valence-corrected chi connectivity index (χ2v) is 4.93. The van der Waals surface area contributed by atoms with Gasteiger partial charge in [0.05, 0.1) is 0 Å². The van der Waals surface area contributed by atoms with E-state index in [2.05, 4.69) is 9.97 Å². The van der Waals surface area contributed by atoms with Gasteiger partial charge in [0.1, 0.15) is 10.8 Å². The summed E-state index contributed by atoms with van der Waals surface area (Å²) in [5.74, 6) is -2.28. The van der Waals surface area contributed by atoms with Gasteiger partial charge in [0.15, 0.2) is 17.4 Å². The van der Waals surface area contributed by atoms with Crippen LogP contribution in [0.2, 0.25) is 5.15 Å². The van der Waals surface area contributed by atoms with Gasteiger partial charge in [-0.15, -0.1) is 0 Å². The summed E-state index contributed by atoms with van der Waals surface area (Å²) in [5, 5.41) is 0.903. The lowest BCUT2D eigenvalue weighted by Gasteiger charge is -2.03. The summed E-state index contributed by atoms with van der Waals surface area (Å²) in [6.07, 6.45) is 1.27. The van der Waals surface area contributed by atoms with Crippen LogP contribution in [0, 0.1) is 11.6 Å². The number of Topliss-reactive ketones (excluding diaryl/α,β-unsaturated/α-hetero) is 1.